The lowest BCUT2D eigenvalue weighted by Gasteiger charge is -2.53. The largest absolute Gasteiger partial charge is 0.450 e. The second kappa shape index (κ2) is 9.91. The SMILES string of the molecule is CCOC(=O)Nc1ccc2c(c1)N1CCCNC1(c1ccccc1)c1cc(NC(=O)OCC)ccc1-2. The number of amides is 2. The molecule has 2 aliphatic rings. The predicted octanol–water partition coefficient (Wildman–Crippen LogP) is 5.50. The molecule has 0 saturated carbocycles. The summed E-state index contributed by atoms with van der Waals surface area (Å²) in [5.74, 6) is 0. The van der Waals surface area contributed by atoms with E-state index in [2.05, 4.69) is 33.0 Å². The fourth-order valence-electron chi connectivity index (χ4n) is 5.19. The molecule has 3 aromatic rings. The van der Waals surface area contributed by atoms with Crippen molar-refractivity contribution in [2.24, 2.45) is 0 Å². The van der Waals surface area contributed by atoms with Crippen LogP contribution < -0.4 is 20.9 Å². The first-order chi connectivity index (χ1) is 17.6. The number of rotatable bonds is 5. The average molecular weight is 487 g/mol. The van der Waals surface area contributed by atoms with Crippen LogP contribution >= 0.6 is 0 Å². The van der Waals surface area contributed by atoms with Crippen molar-refractivity contribution in [3.63, 3.8) is 0 Å². The van der Waals surface area contributed by atoms with E-state index in [1.807, 2.05) is 54.6 Å². The molecule has 1 saturated heterocycles. The first kappa shape index (κ1) is 23.7. The number of carbonyl (C=O) groups excluding carboxylic acids is 2. The summed E-state index contributed by atoms with van der Waals surface area (Å²) in [5.41, 5.74) is 5.93. The topological polar surface area (TPSA) is 91.9 Å². The second-order valence-electron chi connectivity index (χ2n) is 8.69. The van der Waals surface area contributed by atoms with Crippen LogP contribution in [0.25, 0.3) is 11.1 Å². The third-order valence-electron chi connectivity index (χ3n) is 6.57. The highest BCUT2D eigenvalue weighted by Crippen LogP contribution is 2.51. The van der Waals surface area contributed by atoms with Crippen LogP contribution in [0.2, 0.25) is 0 Å². The van der Waals surface area contributed by atoms with E-state index < -0.39 is 17.8 Å². The fourth-order valence-corrected chi connectivity index (χ4v) is 5.19. The van der Waals surface area contributed by atoms with Gasteiger partial charge in [0.15, 0.2) is 0 Å². The quantitative estimate of drug-likeness (QED) is 0.441. The Bertz CT molecular complexity index is 1280. The third kappa shape index (κ3) is 4.13. The number of nitrogens with zero attached hydrogens (tertiary/aromatic N) is 1. The molecule has 3 N–H and O–H groups in total. The second-order valence-corrected chi connectivity index (χ2v) is 8.69. The molecule has 36 heavy (non-hydrogen) atoms. The van der Waals surface area contributed by atoms with Crippen molar-refractivity contribution in [3.05, 3.63) is 77.9 Å². The summed E-state index contributed by atoms with van der Waals surface area (Å²) in [7, 11) is 0. The van der Waals surface area contributed by atoms with Gasteiger partial charge < -0.3 is 14.4 Å². The molecule has 1 atom stereocenters. The minimum atomic E-state index is -0.656. The van der Waals surface area contributed by atoms with Crippen molar-refractivity contribution in [1.82, 2.24) is 5.32 Å². The molecule has 2 heterocycles. The van der Waals surface area contributed by atoms with Gasteiger partial charge in [-0.3, -0.25) is 16.0 Å². The Hall–Kier alpha value is -4.04. The molecule has 186 valence electrons. The molecular weight excluding hydrogens is 456 g/mol. The van der Waals surface area contributed by atoms with E-state index in [9.17, 15) is 9.59 Å². The Balaban J connectivity index is 1.69. The standard InChI is InChI=1S/C28H30N4O4/c1-3-35-26(33)30-20-11-13-22-23-14-12-21(31-27(34)36-4-2)18-25(23)32-16-8-15-29-28(32,24(22)17-20)19-9-6-5-7-10-19/h5-7,9-14,17-18,29H,3-4,8,15-16H2,1-2H3,(H,30,33)(H,31,34). The van der Waals surface area contributed by atoms with E-state index >= 15 is 0 Å². The molecule has 2 aliphatic heterocycles. The highest BCUT2D eigenvalue weighted by Gasteiger charge is 2.47. The number of hydrogen-bond donors (Lipinski definition) is 3. The normalized spacial score (nSPS) is 17.8. The first-order valence-corrected chi connectivity index (χ1v) is 12.3. The molecule has 0 spiro atoms. The number of hydrogen-bond acceptors (Lipinski definition) is 6. The molecule has 5 rings (SSSR count). The zero-order valence-corrected chi connectivity index (χ0v) is 20.5. The Morgan fingerprint density at radius 1 is 0.889 bits per heavy atom. The van der Waals surface area contributed by atoms with E-state index in [4.69, 9.17) is 9.47 Å². The molecule has 0 aromatic heterocycles. The minimum Gasteiger partial charge on any atom is -0.450 e. The van der Waals surface area contributed by atoms with Gasteiger partial charge in [0.1, 0.15) is 5.66 Å². The van der Waals surface area contributed by atoms with Gasteiger partial charge in [-0.15, -0.1) is 0 Å². The third-order valence-corrected chi connectivity index (χ3v) is 6.57. The summed E-state index contributed by atoms with van der Waals surface area (Å²) in [6, 6.07) is 22.2. The van der Waals surface area contributed by atoms with Crippen LogP contribution in [0.15, 0.2) is 66.7 Å². The molecule has 0 aliphatic carbocycles. The maximum absolute atomic E-state index is 12.2. The van der Waals surface area contributed by atoms with Crippen molar-refractivity contribution >= 4 is 29.2 Å². The number of benzene rings is 3. The zero-order valence-electron chi connectivity index (χ0n) is 20.5. The molecule has 8 nitrogen and oxygen atoms in total. The van der Waals surface area contributed by atoms with Gasteiger partial charge in [0, 0.05) is 34.7 Å². The summed E-state index contributed by atoms with van der Waals surface area (Å²) < 4.78 is 10.2. The molecule has 0 bridgehead atoms. The summed E-state index contributed by atoms with van der Waals surface area (Å²) in [4.78, 5) is 26.6. The lowest BCUT2D eigenvalue weighted by molar-refractivity contribution is 0.167. The van der Waals surface area contributed by atoms with Crippen molar-refractivity contribution in [2.45, 2.75) is 25.9 Å². The number of nitrogens with one attached hydrogen (secondary N) is 3. The van der Waals surface area contributed by atoms with E-state index in [0.29, 0.717) is 24.6 Å². The van der Waals surface area contributed by atoms with Crippen molar-refractivity contribution < 1.29 is 19.1 Å². The molecule has 1 unspecified atom stereocenters. The molecule has 1 fully saturated rings. The number of fused-ring (bicyclic) bond motifs is 6. The van der Waals surface area contributed by atoms with Gasteiger partial charge in [0.2, 0.25) is 0 Å². The smallest absolute Gasteiger partial charge is 0.411 e. The van der Waals surface area contributed by atoms with Gasteiger partial charge >= 0.3 is 12.2 Å². The zero-order chi connectivity index (χ0) is 25.1. The maximum atomic E-state index is 12.2. The fraction of sp³-hybridized carbons (Fsp3) is 0.286. The molecule has 8 heteroatoms. The van der Waals surface area contributed by atoms with E-state index in [0.717, 1.165) is 47.5 Å². The van der Waals surface area contributed by atoms with Crippen LogP contribution in [-0.2, 0) is 15.1 Å². The van der Waals surface area contributed by atoms with Gasteiger partial charge in [-0.05, 0) is 62.2 Å². The molecular formula is C28H30N4O4. The van der Waals surface area contributed by atoms with E-state index in [1.165, 1.54) is 0 Å². The first-order valence-electron chi connectivity index (χ1n) is 12.3. The Labute approximate surface area is 210 Å². The van der Waals surface area contributed by atoms with E-state index in [1.54, 1.807) is 13.8 Å². The Morgan fingerprint density at radius 2 is 1.53 bits per heavy atom. The van der Waals surface area contributed by atoms with Crippen LogP contribution in [-0.4, -0.2) is 38.5 Å². The van der Waals surface area contributed by atoms with Gasteiger partial charge in [-0.25, -0.2) is 9.59 Å². The van der Waals surface area contributed by atoms with Crippen molar-refractivity contribution in [3.8, 4) is 11.1 Å². The number of ether oxygens (including phenoxy) is 2. The minimum absolute atomic E-state index is 0.301. The van der Waals surface area contributed by atoms with Gasteiger partial charge in [-0.2, -0.15) is 0 Å². The van der Waals surface area contributed by atoms with Gasteiger partial charge in [-0.1, -0.05) is 42.5 Å². The van der Waals surface area contributed by atoms with Crippen molar-refractivity contribution in [2.75, 3.05) is 41.8 Å². The number of carbonyl (C=O) groups is 2. The van der Waals surface area contributed by atoms with Gasteiger partial charge in [0.25, 0.3) is 0 Å². The summed E-state index contributed by atoms with van der Waals surface area (Å²) in [6.45, 7) is 5.81. The predicted molar refractivity (Wildman–Crippen MR) is 140 cm³/mol. The van der Waals surface area contributed by atoms with Crippen LogP contribution in [0.1, 0.15) is 31.4 Å². The lowest BCUT2D eigenvalue weighted by atomic mass is 9.78. The lowest BCUT2D eigenvalue weighted by Crippen LogP contribution is -2.63. The molecule has 0 radical (unpaired) electrons. The molecule has 2 amide bonds. The Morgan fingerprint density at radius 3 is 2.19 bits per heavy atom. The Kier molecular flexibility index (Phi) is 6.52. The summed E-state index contributed by atoms with van der Waals surface area (Å²) in [6.07, 6.45) is -0.000346. The highest BCUT2D eigenvalue weighted by molar-refractivity contribution is 5.94. The average Bonchev–Trinajstić information content (AvgIpc) is 2.89. The van der Waals surface area contributed by atoms with Crippen LogP contribution in [0.5, 0.6) is 0 Å². The monoisotopic (exact) mass is 486 g/mol. The van der Waals surface area contributed by atoms with Crippen LogP contribution in [0, 0.1) is 0 Å². The van der Waals surface area contributed by atoms with E-state index in [-0.39, 0.29) is 0 Å². The van der Waals surface area contributed by atoms with Crippen LogP contribution in [0.4, 0.5) is 26.7 Å². The van der Waals surface area contributed by atoms with Crippen LogP contribution in [0.3, 0.4) is 0 Å². The highest BCUT2D eigenvalue weighted by atomic mass is 16.6. The van der Waals surface area contributed by atoms with Crippen molar-refractivity contribution in [1.29, 1.82) is 0 Å². The summed E-state index contributed by atoms with van der Waals surface area (Å²) in [5, 5.41) is 9.50. The maximum Gasteiger partial charge on any atom is 0.411 e. The van der Waals surface area contributed by atoms with Gasteiger partial charge in [0.05, 0.1) is 13.2 Å². The number of anilines is 3. The molecule has 3 aromatic carbocycles. The summed E-state index contributed by atoms with van der Waals surface area (Å²) >= 11 is 0.